The Kier molecular flexibility index (Phi) is 38.5. The molecule has 58 heavy (non-hydrogen) atoms. The summed E-state index contributed by atoms with van der Waals surface area (Å²) < 4.78 is 32.6. The van der Waals surface area contributed by atoms with Crippen molar-refractivity contribution in [1.82, 2.24) is 0 Å². The van der Waals surface area contributed by atoms with E-state index in [2.05, 4.69) is 79.1 Å². The molecule has 1 unspecified atom stereocenters. The maximum absolute atomic E-state index is 12.6. The number of hydrogen-bond donors (Lipinski definition) is 3. The summed E-state index contributed by atoms with van der Waals surface area (Å²) >= 11 is 0. The number of esters is 2. The van der Waals surface area contributed by atoms with Gasteiger partial charge in [0.2, 0.25) is 0 Å². The Labute approximate surface area is 350 Å². The number of phosphoric ester groups is 1. The molecular weight excluding hydrogens is 757 g/mol. The zero-order valence-corrected chi connectivity index (χ0v) is 36.8. The smallest absolute Gasteiger partial charge is 0.472 e. The Morgan fingerprint density at radius 3 is 1.52 bits per heavy atom. The van der Waals surface area contributed by atoms with Crippen LogP contribution in [-0.2, 0) is 37.5 Å². The van der Waals surface area contributed by atoms with E-state index >= 15 is 0 Å². The van der Waals surface area contributed by atoms with Crippen molar-refractivity contribution < 1.29 is 47.5 Å². The molecule has 0 aliphatic heterocycles. The monoisotopic (exact) mass is 836 g/mol. The molecule has 0 bridgehead atoms. The standard InChI is InChI=1S/C46H78NO10P/c1-3-5-7-9-11-13-15-17-19-21-23-25-27-29-31-33-35-37-44(48)54-39-42(40-55-58(52,53)56-41-43(47)46(50)51)57-45(49)38-36-34-32-30-28-26-24-22-20-18-16-14-12-10-8-6-4-2/h5,7,11,13,17-20,23,25,29,31,42-43H,3-4,6,8-10,12,14-16,21-22,24,26-28,30,32-41,47H2,1-2H3,(H,50,51)(H,52,53)/b7-5+,13-11+,19-17+,20-18+,25-23+,31-29+/t42-,43+/m1/s1. The summed E-state index contributed by atoms with van der Waals surface area (Å²) in [5, 5.41) is 8.89. The molecule has 11 nitrogen and oxygen atoms in total. The summed E-state index contributed by atoms with van der Waals surface area (Å²) in [5.41, 5.74) is 5.33. The Bertz CT molecular complexity index is 1260. The van der Waals surface area contributed by atoms with Gasteiger partial charge in [0.1, 0.15) is 12.6 Å². The van der Waals surface area contributed by atoms with Crippen LogP contribution in [0.2, 0.25) is 0 Å². The normalized spacial score (nSPS) is 14.4. The number of carboxylic acid groups (broad SMARTS) is 1. The topological polar surface area (TPSA) is 172 Å². The van der Waals surface area contributed by atoms with Gasteiger partial charge in [0.25, 0.3) is 0 Å². The molecule has 3 atom stereocenters. The van der Waals surface area contributed by atoms with E-state index in [1.807, 2.05) is 12.2 Å². The molecule has 0 fully saturated rings. The molecule has 0 aliphatic rings. The zero-order valence-electron chi connectivity index (χ0n) is 35.9. The highest BCUT2D eigenvalue weighted by Crippen LogP contribution is 2.43. The summed E-state index contributed by atoms with van der Waals surface area (Å²) in [6, 6.07) is -1.53. The van der Waals surface area contributed by atoms with Gasteiger partial charge in [-0.2, -0.15) is 0 Å². The maximum atomic E-state index is 12.6. The van der Waals surface area contributed by atoms with Crippen molar-refractivity contribution in [3.8, 4) is 0 Å². The summed E-state index contributed by atoms with van der Waals surface area (Å²) in [7, 11) is -4.73. The van der Waals surface area contributed by atoms with Crippen LogP contribution in [0.4, 0.5) is 0 Å². The first kappa shape index (κ1) is 54.9. The fourth-order valence-electron chi connectivity index (χ4n) is 5.51. The van der Waals surface area contributed by atoms with Gasteiger partial charge in [-0.25, -0.2) is 4.57 Å². The molecule has 0 spiro atoms. The number of carboxylic acids is 1. The molecule has 332 valence electrons. The van der Waals surface area contributed by atoms with Crippen LogP contribution in [0.5, 0.6) is 0 Å². The number of phosphoric acid groups is 1. The van der Waals surface area contributed by atoms with Gasteiger partial charge >= 0.3 is 25.7 Å². The summed E-state index contributed by atoms with van der Waals surface area (Å²) in [6.45, 7) is 2.61. The minimum atomic E-state index is -4.73. The number of ether oxygens (including phenoxy) is 2. The highest BCUT2D eigenvalue weighted by molar-refractivity contribution is 7.47. The molecule has 0 aromatic heterocycles. The molecule has 0 saturated carbocycles. The summed E-state index contributed by atoms with van der Waals surface area (Å²) in [6.07, 6.45) is 48.3. The van der Waals surface area contributed by atoms with E-state index in [0.717, 1.165) is 64.2 Å². The number of allylic oxidation sites excluding steroid dienone is 12. The molecule has 0 aromatic carbocycles. The molecule has 0 aromatic rings. The number of hydrogen-bond acceptors (Lipinski definition) is 9. The SMILES string of the molecule is CC/C=C/C/C=C/C/C=C/C/C=C/C/C=C/CCCC(=O)OC[C@H](COP(=O)(O)OC[C@H](N)C(=O)O)OC(=O)CCCCCCCCC/C=C/CCCCCCCC. The number of unbranched alkanes of at least 4 members (excludes halogenated alkanes) is 14. The molecule has 0 rings (SSSR count). The lowest BCUT2D eigenvalue weighted by molar-refractivity contribution is -0.161. The van der Waals surface area contributed by atoms with Crippen LogP contribution in [0, 0.1) is 0 Å². The van der Waals surface area contributed by atoms with Gasteiger partial charge in [0.05, 0.1) is 13.2 Å². The van der Waals surface area contributed by atoms with Gasteiger partial charge in [-0.05, 0) is 77.0 Å². The third-order valence-electron chi connectivity index (χ3n) is 8.94. The Hall–Kier alpha value is -3.08. The average molecular weight is 836 g/mol. The van der Waals surface area contributed by atoms with Crippen LogP contribution < -0.4 is 5.73 Å². The number of carbonyl (C=O) groups is 3. The van der Waals surface area contributed by atoms with E-state index in [0.29, 0.717) is 19.3 Å². The van der Waals surface area contributed by atoms with Crippen molar-refractivity contribution in [3.63, 3.8) is 0 Å². The molecule has 0 aliphatic carbocycles. The van der Waals surface area contributed by atoms with Crippen molar-refractivity contribution in [1.29, 1.82) is 0 Å². The molecule has 0 saturated heterocycles. The molecule has 4 N–H and O–H groups in total. The van der Waals surface area contributed by atoms with Crippen molar-refractivity contribution in [3.05, 3.63) is 72.9 Å². The van der Waals surface area contributed by atoms with E-state index < -0.39 is 51.1 Å². The van der Waals surface area contributed by atoms with Crippen LogP contribution in [0.1, 0.15) is 168 Å². The third-order valence-corrected chi connectivity index (χ3v) is 9.89. The van der Waals surface area contributed by atoms with Gasteiger partial charge in [-0.1, -0.05) is 151 Å². The number of rotatable bonds is 40. The first-order valence-electron chi connectivity index (χ1n) is 22.0. The largest absolute Gasteiger partial charge is 0.480 e. The van der Waals surface area contributed by atoms with Crippen LogP contribution in [-0.4, -0.2) is 59.9 Å². The molecule has 0 radical (unpaired) electrons. The van der Waals surface area contributed by atoms with E-state index in [-0.39, 0.29) is 19.4 Å². The van der Waals surface area contributed by atoms with Crippen LogP contribution >= 0.6 is 7.82 Å². The number of aliphatic carboxylic acids is 1. The first-order chi connectivity index (χ1) is 28.1. The fraction of sp³-hybridized carbons (Fsp3) is 0.674. The second kappa shape index (κ2) is 40.7. The van der Waals surface area contributed by atoms with Crippen LogP contribution in [0.25, 0.3) is 0 Å². The molecular formula is C46H78NO10P. The molecule has 0 amide bonds. The molecule has 0 heterocycles. The van der Waals surface area contributed by atoms with Gasteiger partial charge in [-0.3, -0.25) is 23.4 Å². The quantitative estimate of drug-likeness (QED) is 0.0232. The fourth-order valence-corrected chi connectivity index (χ4v) is 6.28. The minimum absolute atomic E-state index is 0.139. The Morgan fingerprint density at radius 2 is 0.983 bits per heavy atom. The van der Waals surface area contributed by atoms with Crippen molar-refractivity contribution in [2.45, 2.75) is 180 Å². The van der Waals surface area contributed by atoms with Crippen LogP contribution in [0.3, 0.4) is 0 Å². The average Bonchev–Trinajstić information content (AvgIpc) is 3.20. The lowest BCUT2D eigenvalue weighted by Crippen LogP contribution is -2.34. The maximum Gasteiger partial charge on any atom is 0.472 e. The van der Waals surface area contributed by atoms with Crippen LogP contribution in [0.15, 0.2) is 72.9 Å². The van der Waals surface area contributed by atoms with Gasteiger partial charge in [-0.15, -0.1) is 0 Å². The summed E-state index contributed by atoms with van der Waals surface area (Å²) in [4.78, 5) is 46.0. The highest BCUT2D eigenvalue weighted by atomic mass is 31.2. The predicted octanol–water partition coefficient (Wildman–Crippen LogP) is 11.7. The first-order valence-corrected chi connectivity index (χ1v) is 23.5. The van der Waals surface area contributed by atoms with Crippen molar-refractivity contribution >= 4 is 25.7 Å². The van der Waals surface area contributed by atoms with Gasteiger partial charge in [0.15, 0.2) is 6.10 Å². The predicted molar refractivity (Wildman–Crippen MR) is 235 cm³/mol. The Balaban J connectivity index is 4.46. The minimum Gasteiger partial charge on any atom is -0.480 e. The van der Waals surface area contributed by atoms with Gasteiger partial charge < -0.3 is 25.2 Å². The van der Waals surface area contributed by atoms with E-state index in [1.165, 1.54) is 57.8 Å². The van der Waals surface area contributed by atoms with E-state index in [9.17, 15) is 23.8 Å². The molecule has 12 heteroatoms. The zero-order chi connectivity index (χ0) is 42.8. The lowest BCUT2D eigenvalue weighted by Gasteiger charge is -2.20. The second-order valence-electron chi connectivity index (χ2n) is 14.4. The highest BCUT2D eigenvalue weighted by Gasteiger charge is 2.28. The number of carbonyl (C=O) groups excluding carboxylic acids is 2. The van der Waals surface area contributed by atoms with E-state index in [4.69, 9.17) is 24.8 Å². The van der Waals surface area contributed by atoms with Gasteiger partial charge in [0, 0.05) is 12.8 Å². The lowest BCUT2D eigenvalue weighted by atomic mass is 10.1. The number of nitrogens with two attached hydrogens (primary N) is 1. The van der Waals surface area contributed by atoms with E-state index in [1.54, 1.807) is 0 Å². The second-order valence-corrected chi connectivity index (χ2v) is 15.9. The Morgan fingerprint density at radius 1 is 0.552 bits per heavy atom. The van der Waals surface area contributed by atoms with Crippen molar-refractivity contribution in [2.75, 3.05) is 19.8 Å². The summed E-state index contributed by atoms with van der Waals surface area (Å²) in [5.74, 6) is -2.47. The van der Waals surface area contributed by atoms with Crippen molar-refractivity contribution in [2.24, 2.45) is 5.73 Å². The third kappa shape index (κ3) is 39.7.